The van der Waals surface area contributed by atoms with Crippen molar-refractivity contribution in [1.82, 2.24) is 10.2 Å². The Hall–Kier alpha value is -1.87. The first-order valence-electron chi connectivity index (χ1n) is 5.08. The van der Waals surface area contributed by atoms with Crippen LogP contribution in [0.25, 0.3) is 21.8 Å². The quantitative estimate of drug-likeness (QED) is 0.707. The average molecular weight is 226 g/mol. The van der Waals surface area contributed by atoms with E-state index >= 15 is 0 Å². The van der Waals surface area contributed by atoms with E-state index < -0.39 is 0 Å². The SMILES string of the molecule is c1ccc(-c2cc(-c3cccs3)[nH]n2)cc1. The molecule has 3 heteroatoms. The Labute approximate surface area is 97.6 Å². The van der Waals surface area contributed by atoms with Gasteiger partial charge in [0, 0.05) is 5.56 Å². The minimum absolute atomic E-state index is 0.990. The Morgan fingerprint density at radius 3 is 2.62 bits per heavy atom. The summed E-state index contributed by atoms with van der Waals surface area (Å²) < 4.78 is 0. The van der Waals surface area contributed by atoms with Crippen LogP contribution in [0.5, 0.6) is 0 Å². The van der Waals surface area contributed by atoms with Gasteiger partial charge in [-0.2, -0.15) is 5.10 Å². The number of hydrogen-bond donors (Lipinski definition) is 1. The zero-order valence-electron chi connectivity index (χ0n) is 8.55. The summed E-state index contributed by atoms with van der Waals surface area (Å²) in [6, 6.07) is 16.4. The second-order valence-corrected chi connectivity index (χ2v) is 4.46. The van der Waals surface area contributed by atoms with Crippen molar-refractivity contribution in [3.05, 3.63) is 53.9 Å². The smallest absolute Gasteiger partial charge is 0.0927 e. The van der Waals surface area contributed by atoms with E-state index in [9.17, 15) is 0 Å². The maximum atomic E-state index is 4.32. The predicted octanol–water partition coefficient (Wildman–Crippen LogP) is 3.81. The van der Waals surface area contributed by atoms with Crippen molar-refractivity contribution in [2.24, 2.45) is 0 Å². The van der Waals surface area contributed by atoms with Crippen LogP contribution < -0.4 is 0 Å². The zero-order valence-corrected chi connectivity index (χ0v) is 9.37. The second-order valence-electron chi connectivity index (χ2n) is 3.51. The normalized spacial score (nSPS) is 10.5. The molecule has 0 atom stereocenters. The molecule has 0 unspecified atom stereocenters. The summed E-state index contributed by atoms with van der Waals surface area (Å²) in [7, 11) is 0. The molecule has 78 valence electrons. The third-order valence-corrected chi connectivity index (χ3v) is 3.34. The van der Waals surface area contributed by atoms with Crippen LogP contribution >= 0.6 is 11.3 Å². The average Bonchev–Trinajstić information content (AvgIpc) is 3.01. The topological polar surface area (TPSA) is 28.7 Å². The molecule has 0 aliphatic carbocycles. The molecule has 2 nitrogen and oxygen atoms in total. The van der Waals surface area contributed by atoms with Gasteiger partial charge in [-0.25, -0.2) is 0 Å². The van der Waals surface area contributed by atoms with Gasteiger partial charge < -0.3 is 0 Å². The summed E-state index contributed by atoms with van der Waals surface area (Å²) >= 11 is 1.71. The number of benzene rings is 1. The Kier molecular flexibility index (Phi) is 2.31. The molecule has 0 fully saturated rings. The van der Waals surface area contributed by atoms with Gasteiger partial charge >= 0.3 is 0 Å². The molecule has 0 saturated heterocycles. The van der Waals surface area contributed by atoms with Gasteiger partial charge in [-0.05, 0) is 17.5 Å². The van der Waals surface area contributed by atoms with E-state index in [-0.39, 0.29) is 0 Å². The summed E-state index contributed by atoms with van der Waals surface area (Å²) in [6.45, 7) is 0. The molecule has 3 aromatic rings. The van der Waals surface area contributed by atoms with Crippen LogP contribution in [0.3, 0.4) is 0 Å². The van der Waals surface area contributed by atoms with E-state index in [4.69, 9.17) is 0 Å². The first-order chi connectivity index (χ1) is 7.93. The number of aromatic amines is 1. The molecular formula is C13H10N2S. The lowest BCUT2D eigenvalue weighted by Crippen LogP contribution is -1.75. The summed E-state index contributed by atoms with van der Waals surface area (Å²) in [5.74, 6) is 0. The molecule has 2 aromatic heterocycles. The van der Waals surface area contributed by atoms with Crippen molar-refractivity contribution in [1.29, 1.82) is 0 Å². The fourth-order valence-corrected chi connectivity index (χ4v) is 2.33. The van der Waals surface area contributed by atoms with Crippen molar-refractivity contribution in [2.75, 3.05) is 0 Å². The van der Waals surface area contributed by atoms with Gasteiger partial charge in [-0.3, -0.25) is 5.10 Å². The molecule has 3 rings (SSSR count). The van der Waals surface area contributed by atoms with Crippen LogP contribution in [0.2, 0.25) is 0 Å². The molecule has 0 amide bonds. The van der Waals surface area contributed by atoms with Crippen LogP contribution in [0.4, 0.5) is 0 Å². The fraction of sp³-hybridized carbons (Fsp3) is 0. The Bertz CT molecular complexity index is 567. The minimum atomic E-state index is 0.990. The fourth-order valence-electron chi connectivity index (χ4n) is 1.64. The lowest BCUT2D eigenvalue weighted by Gasteiger charge is -1.92. The van der Waals surface area contributed by atoms with Crippen LogP contribution in [0.15, 0.2) is 53.9 Å². The summed E-state index contributed by atoms with van der Waals surface area (Å²) in [5.41, 5.74) is 3.21. The molecular weight excluding hydrogens is 216 g/mol. The van der Waals surface area contributed by atoms with Gasteiger partial charge in [0.15, 0.2) is 0 Å². The Balaban J connectivity index is 2.00. The summed E-state index contributed by atoms with van der Waals surface area (Å²) in [5, 5.41) is 9.46. The number of hydrogen-bond acceptors (Lipinski definition) is 2. The van der Waals surface area contributed by atoms with Gasteiger partial charge in [0.25, 0.3) is 0 Å². The van der Waals surface area contributed by atoms with Gasteiger partial charge in [0.05, 0.1) is 16.3 Å². The van der Waals surface area contributed by atoms with Gasteiger partial charge in [-0.1, -0.05) is 36.4 Å². The van der Waals surface area contributed by atoms with Crippen LogP contribution in [-0.2, 0) is 0 Å². The highest BCUT2D eigenvalue weighted by Gasteiger charge is 2.05. The van der Waals surface area contributed by atoms with Crippen molar-refractivity contribution < 1.29 is 0 Å². The van der Waals surface area contributed by atoms with E-state index in [0.717, 1.165) is 17.0 Å². The molecule has 1 aromatic carbocycles. The molecule has 0 radical (unpaired) electrons. The van der Waals surface area contributed by atoms with Crippen molar-refractivity contribution in [3.8, 4) is 21.8 Å². The minimum Gasteiger partial charge on any atom is -0.276 e. The second kappa shape index (κ2) is 3.94. The van der Waals surface area contributed by atoms with E-state index in [1.54, 1.807) is 11.3 Å². The maximum Gasteiger partial charge on any atom is 0.0927 e. The lowest BCUT2D eigenvalue weighted by atomic mass is 10.1. The molecule has 0 aliphatic rings. The third-order valence-electron chi connectivity index (χ3n) is 2.43. The monoisotopic (exact) mass is 226 g/mol. The van der Waals surface area contributed by atoms with Gasteiger partial charge in [-0.15, -0.1) is 11.3 Å². The molecule has 2 heterocycles. The van der Waals surface area contributed by atoms with Crippen molar-refractivity contribution >= 4 is 11.3 Å². The van der Waals surface area contributed by atoms with E-state index in [1.807, 2.05) is 24.3 Å². The van der Waals surface area contributed by atoms with Crippen molar-refractivity contribution in [2.45, 2.75) is 0 Å². The number of H-pyrrole nitrogens is 1. The maximum absolute atomic E-state index is 4.32. The summed E-state index contributed by atoms with van der Waals surface area (Å²) in [6.07, 6.45) is 0. The molecule has 16 heavy (non-hydrogen) atoms. The zero-order chi connectivity index (χ0) is 10.8. The standard InChI is InChI=1S/C13H10N2S/c1-2-5-10(6-3-1)11-9-12(15-14-11)13-7-4-8-16-13/h1-9H,(H,14,15). The highest BCUT2D eigenvalue weighted by molar-refractivity contribution is 7.13. The summed E-state index contributed by atoms with van der Waals surface area (Å²) in [4.78, 5) is 1.22. The largest absolute Gasteiger partial charge is 0.276 e. The molecule has 0 saturated carbocycles. The first-order valence-corrected chi connectivity index (χ1v) is 5.96. The first kappa shape index (κ1) is 9.36. The lowest BCUT2D eigenvalue weighted by molar-refractivity contribution is 1.10. The predicted molar refractivity (Wildman–Crippen MR) is 67.3 cm³/mol. The Morgan fingerprint density at radius 2 is 1.88 bits per heavy atom. The number of nitrogens with one attached hydrogen (secondary N) is 1. The third kappa shape index (κ3) is 1.66. The van der Waals surface area contributed by atoms with Crippen LogP contribution in [0.1, 0.15) is 0 Å². The number of aromatic nitrogens is 2. The number of nitrogens with zero attached hydrogens (tertiary/aromatic N) is 1. The van der Waals surface area contributed by atoms with E-state index in [1.165, 1.54) is 4.88 Å². The Morgan fingerprint density at radius 1 is 1.00 bits per heavy atom. The molecule has 0 aliphatic heterocycles. The molecule has 1 N–H and O–H groups in total. The highest BCUT2D eigenvalue weighted by atomic mass is 32.1. The number of rotatable bonds is 2. The van der Waals surface area contributed by atoms with Crippen LogP contribution in [0, 0.1) is 0 Å². The van der Waals surface area contributed by atoms with Crippen molar-refractivity contribution in [3.63, 3.8) is 0 Å². The van der Waals surface area contributed by atoms with E-state index in [2.05, 4.69) is 39.8 Å². The number of thiophene rings is 1. The van der Waals surface area contributed by atoms with Crippen LogP contribution in [-0.4, -0.2) is 10.2 Å². The van der Waals surface area contributed by atoms with Gasteiger partial charge in [0.1, 0.15) is 0 Å². The van der Waals surface area contributed by atoms with E-state index in [0.29, 0.717) is 0 Å². The molecule has 0 spiro atoms. The van der Waals surface area contributed by atoms with Gasteiger partial charge in [0.2, 0.25) is 0 Å². The highest BCUT2D eigenvalue weighted by Crippen LogP contribution is 2.26. The molecule has 0 bridgehead atoms.